The Morgan fingerprint density at radius 1 is 1.18 bits per heavy atom. The highest BCUT2D eigenvalue weighted by Crippen LogP contribution is 2.33. The number of nitrogens with zero attached hydrogens (tertiary/aromatic N) is 1. The lowest BCUT2D eigenvalue weighted by atomic mass is 9.89. The lowest BCUT2D eigenvalue weighted by Gasteiger charge is -2.39. The zero-order chi connectivity index (χ0) is 19.6. The van der Waals surface area contributed by atoms with Crippen LogP contribution < -0.4 is 5.32 Å². The Morgan fingerprint density at radius 3 is 2.61 bits per heavy atom. The lowest BCUT2D eigenvalue weighted by molar-refractivity contribution is -0.0882. The van der Waals surface area contributed by atoms with E-state index in [0.29, 0.717) is 32.7 Å². The van der Waals surface area contributed by atoms with Crippen LogP contribution in [0.15, 0.2) is 18.2 Å². The molecular formula is C21H28F2N2O3. The standard InChI is InChI=1S/C21H28F2N2O3/c22-18-2-1-3-19(23)17(18)12-15-4-8-25(9-5-15)20(26)24-16-6-10-28-21(13-16)7-11-27-14-21/h1-3,15-16H,4-14H2,(H,24,26). The molecule has 1 spiro atoms. The van der Waals surface area contributed by atoms with E-state index in [9.17, 15) is 13.6 Å². The van der Waals surface area contributed by atoms with Crippen molar-refractivity contribution in [2.75, 3.05) is 32.9 Å². The number of piperidine rings is 1. The molecule has 2 unspecified atom stereocenters. The van der Waals surface area contributed by atoms with Crippen LogP contribution in [0.1, 0.15) is 37.7 Å². The van der Waals surface area contributed by atoms with Crippen molar-refractivity contribution in [1.29, 1.82) is 0 Å². The van der Waals surface area contributed by atoms with Gasteiger partial charge < -0.3 is 19.7 Å². The second-order valence-electron chi connectivity index (χ2n) is 8.31. The molecule has 0 bridgehead atoms. The molecule has 0 saturated carbocycles. The number of likely N-dealkylation sites (tertiary alicyclic amines) is 1. The molecular weight excluding hydrogens is 366 g/mol. The molecule has 3 saturated heterocycles. The number of benzene rings is 1. The number of rotatable bonds is 3. The van der Waals surface area contributed by atoms with Gasteiger partial charge in [-0.15, -0.1) is 0 Å². The number of carbonyl (C=O) groups is 1. The van der Waals surface area contributed by atoms with E-state index >= 15 is 0 Å². The Hall–Kier alpha value is -1.73. The van der Waals surface area contributed by atoms with Crippen LogP contribution in [0, 0.1) is 17.6 Å². The largest absolute Gasteiger partial charge is 0.378 e. The Balaban J connectivity index is 1.26. The molecule has 0 aromatic heterocycles. The molecule has 0 aliphatic carbocycles. The Bertz CT molecular complexity index is 681. The predicted molar refractivity (Wildman–Crippen MR) is 100 cm³/mol. The van der Waals surface area contributed by atoms with Gasteiger partial charge in [-0.2, -0.15) is 0 Å². The highest BCUT2D eigenvalue weighted by molar-refractivity contribution is 5.74. The molecule has 7 heteroatoms. The van der Waals surface area contributed by atoms with Crippen molar-refractivity contribution in [2.45, 2.75) is 50.2 Å². The van der Waals surface area contributed by atoms with Crippen LogP contribution >= 0.6 is 0 Å². The predicted octanol–water partition coefficient (Wildman–Crippen LogP) is 3.27. The minimum atomic E-state index is -0.482. The topological polar surface area (TPSA) is 50.8 Å². The van der Waals surface area contributed by atoms with E-state index in [1.165, 1.54) is 18.2 Å². The average Bonchev–Trinajstić information content (AvgIpc) is 3.13. The molecule has 28 heavy (non-hydrogen) atoms. The zero-order valence-corrected chi connectivity index (χ0v) is 16.1. The van der Waals surface area contributed by atoms with Crippen molar-refractivity contribution in [3.8, 4) is 0 Å². The van der Waals surface area contributed by atoms with Crippen LogP contribution in [0.3, 0.4) is 0 Å². The van der Waals surface area contributed by atoms with E-state index in [4.69, 9.17) is 9.47 Å². The molecule has 154 valence electrons. The lowest BCUT2D eigenvalue weighted by Crippen LogP contribution is -2.53. The minimum absolute atomic E-state index is 0.0449. The number of ether oxygens (including phenoxy) is 2. The van der Waals surface area contributed by atoms with Gasteiger partial charge in [-0.1, -0.05) is 6.07 Å². The van der Waals surface area contributed by atoms with E-state index in [1.807, 2.05) is 4.90 Å². The van der Waals surface area contributed by atoms with Crippen molar-refractivity contribution in [1.82, 2.24) is 10.2 Å². The summed E-state index contributed by atoms with van der Waals surface area (Å²) in [6.45, 7) is 3.20. The van der Waals surface area contributed by atoms with Crippen LogP contribution in [-0.4, -0.2) is 55.5 Å². The highest BCUT2D eigenvalue weighted by atomic mass is 19.1. The molecule has 1 aromatic rings. The average molecular weight is 394 g/mol. The molecule has 1 N–H and O–H groups in total. The quantitative estimate of drug-likeness (QED) is 0.856. The van der Waals surface area contributed by atoms with Gasteiger partial charge in [-0.25, -0.2) is 13.6 Å². The molecule has 3 fully saturated rings. The van der Waals surface area contributed by atoms with Crippen LogP contribution in [0.4, 0.5) is 13.6 Å². The number of amides is 2. The van der Waals surface area contributed by atoms with Gasteiger partial charge in [0.25, 0.3) is 0 Å². The number of hydrogen-bond acceptors (Lipinski definition) is 3. The van der Waals surface area contributed by atoms with E-state index in [-0.39, 0.29) is 29.2 Å². The first-order chi connectivity index (χ1) is 13.5. The normalized spacial score (nSPS) is 28.6. The van der Waals surface area contributed by atoms with Crippen LogP contribution in [0.5, 0.6) is 0 Å². The first-order valence-corrected chi connectivity index (χ1v) is 10.2. The summed E-state index contributed by atoms with van der Waals surface area (Å²) in [6, 6.07) is 4.05. The van der Waals surface area contributed by atoms with Gasteiger partial charge in [0, 0.05) is 44.3 Å². The van der Waals surface area contributed by atoms with Crippen molar-refractivity contribution < 1.29 is 23.0 Å². The van der Waals surface area contributed by atoms with E-state index in [0.717, 1.165) is 38.7 Å². The second-order valence-corrected chi connectivity index (χ2v) is 8.31. The van der Waals surface area contributed by atoms with Crippen LogP contribution in [0.2, 0.25) is 0 Å². The van der Waals surface area contributed by atoms with E-state index in [2.05, 4.69) is 5.32 Å². The molecule has 2 atom stereocenters. The fraction of sp³-hybridized carbons (Fsp3) is 0.667. The van der Waals surface area contributed by atoms with Crippen molar-refractivity contribution in [3.63, 3.8) is 0 Å². The van der Waals surface area contributed by atoms with Gasteiger partial charge in [0.15, 0.2) is 0 Å². The fourth-order valence-electron chi connectivity index (χ4n) is 4.64. The smallest absolute Gasteiger partial charge is 0.317 e. The number of nitrogens with one attached hydrogen (secondary N) is 1. The van der Waals surface area contributed by atoms with Gasteiger partial charge in [-0.3, -0.25) is 0 Å². The van der Waals surface area contributed by atoms with Crippen molar-refractivity contribution in [3.05, 3.63) is 35.4 Å². The molecule has 5 nitrogen and oxygen atoms in total. The van der Waals surface area contributed by atoms with Crippen molar-refractivity contribution >= 4 is 6.03 Å². The molecule has 3 aliphatic heterocycles. The van der Waals surface area contributed by atoms with E-state index < -0.39 is 11.6 Å². The molecule has 4 rings (SSSR count). The third-order valence-electron chi connectivity index (χ3n) is 6.34. The maximum Gasteiger partial charge on any atom is 0.317 e. The van der Waals surface area contributed by atoms with E-state index in [1.54, 1.807) is 0 Å². The monoisotopic (exact) mass is 394 g/mol. The number of halogens is 2. The number of carbonyl (C=O) groups excluding carboxylic acids is 1. The maximum absolute atomic E-state index is 13.9. The Morgan fingerprint density at radius 2 is 1.93 bits per heavy atom. The summed E-state index contributed by atoms with van der Waals surface area (Å²) in [5.74, 6) is -0.772. The van der Waals surface area contributed by atoms with Gasteiger partial charge >= 0.3 is 6.03 Å². The Kier molecular flexibility index (Phi) is 5.83. The molecule has 1 aromatic carbocycles. The highest BCUT2D eigenvalue weighted by Gasteiger charge is 2.41. The first kappa shape index (κ1) is 19.6. The van der Waals surface area contributed by atoms with Crippen molar-refractivity contribution in [2.24, 2.45) is 5.92 Å². The fourth-order valence-corrected chi connectivity index (χ4v) is 4.64. The maximum atomic E-state index is 13.9. The van der Waals surface area contributed by atoms with Crippen LogP contribution in [-0.2, 0) is 15.9 Å². The molecule has 3 aliphatic rings. The van der Waals surface area contributed by atoms with Gasteiger partial charge in [0.2, 0.25) is 0 Å². The first-order valence-electron chi connectivity index (χ1n) is 10.2. The SMILES string of the molecule is O=C(NC1CCOC2(CCOC2)C1)N1CCC(Cc2c(F)cccc2F)CC1. The molecule has 0 radical (unpaired) electrons. The van der Waals surface area contributed by atoms with Gasteiger partial charge in [0.05, 0.1) is 12.2 Å². The number of urea groups is 1. The summed E-state index contributed by atoms with van der Waals surface area (Å²) in [5.41, 5.74) is -0.0655. The summed E-state index contributed by atoms with van der Waals surface area (Å²) in [5, 5.41) is 3.15. The summed E-state index contributed by atoms with van der Waals surface area (Å²) >= 11 is 0. The third-order valence-corrected chi connectivity index (χ3v) is 6.34. The molecule has 3 heterocycles. The summed E-state index contributed by atoms with van der Waals surface area (Å²) in [4.78, 5) is 14.5. The summed E-state index contributed by atoms with van der Waals surface area (Å²) in [6.07, 6.45) is 4.39. The third kappa shape index (κ3) is 4.30. The van der Waals surface area contributed by atoms with Gasteiger partial charge in [-0.05, 0) is 50.2 Å². The van der Waals surface area contributed by atoms with Crippen LogP contribution in [0.25, 0.3) is 0 Å². The molecule has 2 amide bonds. The van der Waals surface area contributed by atoms with Gasteiger partial charge in [0.1, 0.15) is 11.6 Å². The summed E-state index contributed by atoms with van der Waals surface area (Å²) < 4.78 is 39.1. The minimum Gasteiger partial charge on any atom is -0.378 e. The zero-order valence-electron chi connectivity index (χ0n) is 16.1. The number of hydrogen-bond donors (Lipinski definition) is 1. The Labute approximate surface area is 164 Å². The summed E-state index contributed by atoms with van der Waals surface area (Å²) in [7, 11) is 0. The second kappa shape index (κ2) is 8.33.